The molecular weight excluding hydrogens is 378 g/mol. The van der Waals surface area contributed by atoms with Crippen LogP contribution in [0, 0.1) is 0 Å². The molecule has 0 aliphatic heterocycles. The number of benzene rings is 2. The first-order chi connectivity index (χ1) is 12.1. The Bertz CT molecular complexity index is 850. The number of aromatic nitrogens is 1. The first-order valence-electron chi connectivity index (χ1n) is 7.90. The van der Waals surface area contributed by atoms with Gasteiger partial charge in [0.1, 0.15) is 5.82 Å². The zero-order valence-corrected chi connectivity index (χ0v) is 15.4. The van der Waals surface area contributed by atoms with Crippen molar-refractivity contribution in [3.63, 3.8) is 0 Å². The topological polar surface area (TPSA) is 45.2 Å². The minimum atomic E-state index is -0.189. The van der Waals surface area contributed by atoms with E-state index in [1.807, 2.05) is 55.6 Å². The molecule has 0 aliphatic carbocycles. The van der Waals surface area contributed by atoms with Crippen LogP contribution in [0.3, 0.4) is 0 Å². The molecular formula is C20H18BrN3O. The van der Waals surface area contributed by atoms with Crippen molar-refractivity contribution in [1.82, 2.24) is 4.98 Å². The molecule has 1 heterocycles. The van der Waals surface area contributed by atoms with E-state index in [0.717, 1.165) is 16.7 Å². The number of anilines is 2. The van der Waals surface area contributed by atoms with Gasteiger partial charge in [-0.15, -0.1) is 0 Å². The second-order valence-electron chi connectivity index (χ2n) is 5.68. The Morgan fingerprint density at radius 1 is 1.04 bits per heavy atom. The molecule has 0 saturated carbocycles. The Labute approximate surface area is 155 Å². The Morgan fingerprint density at radius 2 is 1.76 bits per heavy atom. The van der Waals surface area contributed by atoms with E-state index in [9.17, 15) is 4.79 Å². The quantitative estimate of drug-likeness (QED) is 0.678. The third-order valence-electron chi connectivity index (χ3n) is 3.81. The average molecular weight is 396 g/mol. The molecule has 0 spiro atoms. The smallest absolute Gasteiger partial charge is 0.257 e. The minimum absolute atomic E-state index is 0.189. The van der Waals surface area contributed by atoms with Crippen LogP contribution in [0.15, 0.2) is 77.4 Å². The molecule has 0 radical (unpaired) electrons. The van der Waals surface area contributed by atoms with Gasteiger partial charge in [0.15, 0.2) is 0 Å². The highest BCUT2D eigenvalue weighted by molar-refractivity contribution is 9.10. The fourth-order valence-electron chi connectivity index (χ4n) is 2.46. The highest BCUT2D eigenvalue weighted by Crippen LogP contribution is 2.19. The largest absolute Gasteiger partial charge is 0.369 e. The number of nitrogens with zero attached hydrogens (tertiary/aromatic N) is 2. The van der Waals surface area contributed by atoms with Crippen LogP contribution in [0.1, 0.15) is 15.9 Å². The van der Waals surface area contributed by atoms with Gasteiger partial charge in [0, 0.05) is 18.1 Å². The van der Waals surface area contributed by atoms with Crippen LogP contribution in [0.5, 0.6) is 0 Å². The average Bonchev–Trinajstić information content (AvgIpc) is 2.63. The lowest BCUT2D eigenvalue weighted by molar-refractivity contribution is 0.102. The molecule has 1 aromatic heterocycles. The molecule has 3 aromatic rings. The molecule has 1 amide bonds. The van der Waals surface area contributed by atoms with Crippen molar-refractivity contribution >= 4 is 33.3 Å². The highest BCUT2D eigenvalue weighted by Gasteiger charge is 2.10. The van der Waals surface area contributed by atoms with Crippen LogP contribution in [0.4, 0.5) is 11.5 Å². The van der Waals surface area contributed by atoms with Crippen molar-refractivity contribution in [2.75, 3.05) is 17.3 Å². The van der Waals surface area contributed by atoms with Gasteiger partial charge in [-0.2, -0.15) is 0 Å². The summed E-state index contributed by atoms with van der Waals surface area (Å²) in [6.07, 6.45) is 1.76. The van der Waals surface area contributed by atoms with Gasteiger partial charge >= 0.3 is 0 Å². The molecule has 0 aliphatic rings. The van der Waals surface area contributed by atoms with Crippen LogP contribution < -0.4 is 10.2 Å². The monoisotopic (exact) mass is 395 g/mol. The molecule has 0 atom stereocenters. The molecule has 0 saturated heterocycles. The first-order valence-corrected chi connectivity index (χ1v) is 8.70. The van der Waals surface area contributed by atoms with Gasteiger partial charge < -0.3 is 10.2 Å². The Hall–Kier alpha value is -2.66. The zero-order valence-electron chi connectivity index (χ0n) is 13.8. The summed E-state index contributed by atoms with van der Waals surface area (Å²) < 4.78 is 0.756. The summed E-state index contributed by atoms with van der Waals surface area (Å²) in [6, 6.07) is 21.3. The number of nitrogens with one attached hydrogen (secondary N) is 1. The predicted octanol–water partition coefficient (Wildman–Crippen LogP) is 4.73. The molecule has 0 unspecified atom stereocenters. The number of hydrogen-bond acceptors (Lipinski definition) is 3. The summed E-state index contributed by atoms with van der Waals surface area (Å²) >= 11 is 3.38. The standard InChI is InChI=1S/C20H18BrN3O/c1-24(14-15-7-3-2-4-8-15)16-11-12-19(22-13-16)23-20(25)17-9-5-6-10-18(17)21/h2-13H,14H2,1H3,(H,22,23,25). The van der Waals surface area contributed by atoms with Crippen LogP contribution in [-0.2, 0) is 6.54 Å². The van der Waals surface area contributed by atoms with Gasteiger partial charge in [-0.3, -0.25) is 4.79 Å². The number of pyridine rings is 1. The van der Waals surface area contributed by atoms with Crippen LogP contribution >= 0.6 is 15.9 Å². The van der Waals surface area contributed by atoms with E-state index in [1.165, 1.54) is 5.56 Å². The Balaban J connectivity index is 1.66. The molecule has 126 valence electrons. The third-order valence-corrected chi connectivity index (χ3v) is 4.50. The van der Waals surface area contributed by atoms with E-state index in [0.29, 0.717) is 11.4 Å². The molecule has 0 fully saturated rings. The van der Waals surface area contributed by atoms with E-state index in [-0.39, 0.29) is 5.91 Å². The highest BCUT2D eigenvalue weighted by atomic mass is 79.9. The van der Waals surface area contributed by atoms with Gasteiger partial charge in [-0.05, 0) is 45.8 Å². The molecule has 1 N–H and O–H groups in total. The zero-order chi connectivity index (χ0) is 17.6. The molecule has 25 heavy (non-hydrogen) atoms. The number of amides is 1. The number of halogens is 1. The van der Waals surface area contributed by atoms with Crippen molar-refractivity contribution in [2.45, 2.75) is 6.54 Å². The summed E-state index contributed by atoms with van der Waals surface area (Å²) in [4.78, 5) is 18.8. The Kier molecular flexibility index (Phi) is 5.46. The molecule has 5 heteroatoms. The molecule has 3 rings (SSSR count). The fourth-order valence-corrected chi connectivity index (χ4v) is 2.93. The SMILES string of the molecule is CN(Cc1ccccc1)c1ccc(NC(=O)c2ccccc2Br)nc1. The lowest BCUT2D eigenvalue weighted by Gasteiger charge is -2.19. The molecule has 2 aromatic carbocycles. The van der Waals surface area contributed by atoms with Gasteiger partial charge in [-0.1, -0.05) is 42.5 Å². The number of hydrogen-bond donors (Lipinski definition) is 1. The maximum atomic E-state index is 12.3. The number of carbonyl (C=O) groups excluding carboxylic acids is 1. The minimum Gasteiger partial charge on any atom is -0.369 e. The lowest BCUT2D eigenvalue weighted by Crippen LogP contribution is -2.17. The van der Waals surface area contributed by atoms with Gasteiger partial charge in [0.25, 0.3) is 5.91 Å². The second kappa shape index (κ2) is 7.94. The second-order valence-corrected chi connectivity index (χ2v) is 6.53. The normalized spacial score (nSPS) is 10.3. The number of carbonyl (C=O) groups is 1. The van der Waals surface area contributed by atoms with Gasteiger partial charge in [0.05, 0.1) is 17.4 Å². The fraction of sp³-hybridized carbons (Fsp3) is 0.100. The molecule has 4 nitrogen and oxygen atoms in total. The van der Waals surface area contributed by atoms with E-state index < -0.39 is 0 Å². The van der Waals surface area contributed by atoms with E-state index >= 15 is 0 Å². The van der Waals surface area contributed by atoms with Gasteiger partial charge in [-0.25, -0.2) is 4.98 Å². The van der Waals surface area contributed by atoms with Crippen molar-refractivity contribution in [2.24, 2.45) is 0 Å². The predicted molar refractivity (Wildman–Crippen MR) is 105 cm³/mol. The summed E-state index contributed by atoms with van der Waals surface area (Å²) in [5.41, 5.74) is 2.80. The Morgan fingerprint density at radius 3 is 2.44 bits per heavy atom. The first kappa shape index (κ1) is 17.2. The van der Waals surface area contributed by atoms with Crippen molar-refractivity contribution in [3.8, 4) is 0 Å². The third kappa shape index (κ3) is 4.45. The van der Waals surface area contributed by atoms with Gasteiger partial charge in [0.2, 0.25) is 0 Å². The van der Waals surface area contributed by atoms with E-state index in [1.54, 1.807) is 12.3 Å². The van der Waals surface area contributed by atoms with E-state index in [2.05, 4.69) is 43.3 Å². The van der Waals surface area contributed by atoms with Crippen LogP contribution in [0.25, 0.3) is 0 Å². The van der Waals surface area contributed by atoms with Crippen molar-refractivity contribution in [1.29, 1.82) is 0 Å². The van der Waals surface area contributed by atoms with Crippen LogP contribution in [-0.4, -0.2) is 17.9 Å². The maximum absolute atomic E-state index is 12.3. The van der Waals surface area contributed by atoms with E-state index in [4.69, 9.17) is 0 Å². The van der Waals surface area contributed by atoms with Crippen molar-refractivity contribution < 1.29 is 4.79 Å². The number of rotatable bonds is 5. The molecule has 0 bridgehead atoms. The van der Waals surface area contributed by atoms with Crippen LogP contribution in [0.2, 0.25) is 0 Å². The lowest BCUT2D eigenvalue weighted by atomic mass is 10.2. The summed E-state index contributed by atoms with van der Waals surface area (Å²) in [5, 5.41) is 2.82. The summed E-state index contributed by atoms with van der Waals surface area (Å²) in [7, 11) is 2.02. The summed E-state index contributed by atoms with van der Waals surface area (Å²) in [5.74, 6) is 0.336. The van der Waals surface area contributed by atoms with Crippen molar-refractivity contribution in [3.05, 3.63) is 88.5 Å². The summed E-state index contributed by atoms with van der Waals surface area (Å²) in [6.45, 7) is 0.797. The maximum Gasteiger partial charge on any atom is 0.257 e.